The molecule has 0 aromatic heterocycles. The fourth-order valence-electron chi connectivity index (χ4n) is 2.12. The van der Waals surface area contributed by atoms with Crippen LogP contribution in [0, 0.1) is 21.7 Å². The Bertz CT molecular complexity index is 1060. The lowest BCUT2D eigenvalue weighted by atomic mass is 10.3. The number of hydrogen-bond acceptors (Lipinski definition) is 7. The summed E-state index contributed by atoms with van der Waals surface area (Å²) in [6.07, 6.45) is 0. The van der Waals surface area contributed by atoms with Crippen molar-refractivity contribution in [3.63, 3.8) is 0 Å². The van der Waals surface area contributed by atoms with Crippen molar-refractivity contribution in [3.8, 4) is 5.75 Å². The molecule has 0 atom stereocenters. The van der Waals surface area contributed by atoms with Gasteiger partial charge in [0.1, 0.15) is 5.02 Å². The van der Waals surface area contributed by atoms with Gasteiger partial charge in [0, 0.05) is 23.3 Å². The Balaban J connectivity index is 1.98. The summed E-state index contributed by atoms with van der Waals surface area (Å²) < 4.78 is 59.0. The van der Waals surface area contributed by atoms with Crippen LogP contribution in [0.2, 0.25) is 5.02 Å². The van der Waals surface area contributed by atoms with Gasteiger partial charge in [0.15, 0.2) is 24.0 Å². The van der Waals surface area contributed by atoms with E-state index in [0.29, 0.717) is 0 Å². The maximum absolute atomic E-state index is 13.9. The summed E-state index contributed by atoms with van der Waals surface area (Å²) in [5.74, 6) is -4.36. The van der Waals surface area contributed by atoms with Gasteiger partial charge in [-0.05, 0) is 24.3 Å². The molecule has 0 saturated heterocycles. The van der Waals surface area contributed by atoms with Gasteiger partial charge in [-0.15, -0.1) is 11.8 Å². The first-order valence-electron chi connectivity index (χ1n) is 7.91. The maximum atomic E-state index is 13.9. The molecule has 0 unspecified atom stereocenters. The van der Waals surface area contributed by atoms with Crippen LogP contribution in [-0.4, -0.2) is 43.3 Å². The van der Waals surface area contributed by atoms with E-state index in [4.69, 9.17) is 16.7 Å². The molecule has 0 saturated carbocycles. The summed E-state index contributed by atoms with van der Waals surface area (Å²) in [6, 6.07) is 4.84. The number of nitro groups is 1. The number of carboxylic acid groups (broad SMARTS) is 1. The zero-order chi connectivity index (χ0) is 22.5. The number of ether oxygens (including phenoxy) is 1. The molecule has 2 N–H and O–H groups in total. The summed E-state index contributed by atoms with van der Waals surface area (Å²) in [5.41, 5.74) is -0.565. The summed E-state index contributed by atoms with van der Waals surface area (Å²) in [6.45, 7) is -1.06. The van der Waals surface area contributed by atoms with Gasteiger partial charge in [-0.3, -0.25) is 10.1 Å². The smallest absolute Gasteiger partial charge is 0.341 e. The van der Waals surface area contributed by atoms with Gasteiger partial charge >= 0.3 is 5.97 Å². The third kappa shape index (κ3) is 6.26. The molecule has 0 heterocycles. The zero-order valence-electron chi connectivity index (χ0n) is 14.8. The second-order valence-electron chi connectivity index (χ2n) is 5.52. The molecular weight excluding hydrogens is 470 g/mol. The number of nitrogens with one attached hydrogen (secondary N) is 1. The van der Waals surface area contributed by atoms with Crippen LogP contribution in [0.3, 0.4) is 0 Å². The number of carbonyl (C=O) groups is 1. The van der Waals surface area contributed by atoms with Crippen molar-refractivity contribution in [2.45, 2.75) is 9.79 Å². The Morgan fingerprint density at radius 1 is 1.27 bits per heavy atom. The Labute approximate surface area is 178 Å². The molecule has 0 fully saturated rings. The third-order valence-corrected chi connectivity index (χ3v) is 6.15. The molecule has 0 aliphatic heterocycles. The fraction of sp³-hybridized carbons (Fsp3) is 0.188. The normalized spacial score (nSPS) is 11.3. The first kappa shape index (κ1) is 23.8. The Morgan fingerprint density at radius 3 is 2.47 bits per heavy atom. The minimum Gasteiger partial charge on any atom is -0.479 e. The van der Waals surface area contributed by atoms with Gasteiger partial charge in [-0.1, -0.05) is 11.6 Å². The lowest BCUT2D eigenvalue weighted by Gasteiger charge is -2.09. The molecule has 30 heavy (non-hydrogen) atoms. The maximum Gasteiger partial charge on any atom is 0.341 e. The van der Waals surface area contributed by atoms with Crippen LogP contribution in [0.5, 0.6) is 5.75 Å². The number of nitro benzene ring substituents is 1. The highest BCUT2D eigenvalue weighted by molar-refractivity contribution is 7.99. The molecule has 0 bridgehead atoms. The minimum absolute atomic E-state index is 0.0725. The van der Waals surface area contributed by atoms with Crippen LogP contribution in [0.4, 0.5) is 14.5 Å². The Morgan fingerprint density at radius 2 is 1.90 bits per heavy atom. The van der Waals surface area contributed by atoms with E-state index in [1.54, 1.807) is 0 Å². The highest BCUT2D eigenvalue weighted by atomic mass is 35.5. The quantitative estimate of drug-likeness (QED) is 0.228. The molecule has 0 spiro atoms. The van der Waals surface area contributed by atoms with E-state index in [2.05, 4.69) is 9.46 Å². The second-order valence-corrected chi connectivity index (χ2v) is 8.86. The molecular formula is C16H13ClF2N2O7S2. The van der Waals surface area contributed by atoms with Crippen LogP contribution < -0.4 is 9.46 Å². The molecule has 0 aliphatic carbocycles. The van der Waals surface area contributed by atoms with E-state index in [0.717, 1.165) is 42.1 Å². The van der Waals surface area contributed by atoms with Gasteiger partial charge in [0.25, 0.3) is 5.69 Å². The Hall–Kier alpha value is -2.48. The lowest BCUT2D eigenvalue weighted by molar-refractivity contribution is -0.384. The highest BCUT2D eigenvalue weighted by Crippen LogP contribution is 2.29. The molecule has 14 heteroatoms. The fourth-order valence-corrected chi connectivity index (χ4v) is 4.30. The van der Waals surface area contributed by atoms with E-state index >= 15 is 0 Å². The van der Waals surface area contributed by atoms with Gasteiger partial charge < -0.3 is 9.84 Å². The summed E-state index contributed by atoms with van der Waals surface area (Å²) in [7, 11) is -4.08. The number of halogens is 3. The number of sulfonamides is 1. The minimum atomic E-state index is -4.08. The zero-order valence-corrected chi connectivity index (χ0v) is 17.2. The van der Waals surface area contributed by atoms with E-state index in [1.807, 2.05) is 0 Å². The molecule has 9 nitrogen and oxygen atoms in total. The average molecular weight is 483 g/mol. The van der Waals surface area contributed by atoms with Crippen molar-refractivity contribution in [1.82, 2.24) is 4.72 Å². The van der Waals surface area contributed by atoms with Crippen molar-refractivity contribution in [1.29, 1.82) is 0 Å². The van der Waals surface area contributed by atoms with Crippen molar-refractivity contribution in [2.24, 2.45) is 0 Å². The standard InChI is InChI=1S/C16H13ClF2N2O7S2/c17-11-2-1-10(7-14(11)21(24)25)30(26,27)20-3-4-29-9-5-12(18)16(13(19)6-9)28-8-15(22)23/h1-2,5-7,20H,3-4,8H2,(H,22,23). The van der Waals surface area contributed by atoms with Crippen molar-refractivity contribution < 1.29 is 36.8 Å². The average Bonchev–Trinajstić information content (AvgIpc) is 2.64. The van der Waals surface area contributed by atoms with E-state index in [9.17, 15) is 32.1 Å². The summed E-state index contributed by atoms with van der Waals surface area (Å²) in [5, 5.41) is 19.1. The number of aliphatic carboxylic acids is 1. The van der Waals surface area contributed by atoms with Gasteiger partial charge in [0.05, 0.1) is 9.82 Å². The Kier molecular flexibility index (Phi) is 7.95. The molecule has 2 aromatic carbocycles. The van der Waals surface area contributed by atoms with E-state index in [-0.39, 0.29) is 27.1 Å². The van der Waals surface area contributed by atoms with Gasteiger partial charge in [-0.2, -0.15) is 0 Å². The molecule has 0 radical (unpaired) electrons. The molecule has 0 amide bonds. The number of nitrogens with zero attached hydrogens (tertiary/aromatic N) is 1. The highest BCUT2D eigenvalue weighted by Gasteiger charge is 2.20. The van der Waals surface area contributed by atoms with Crippen molar-refractivity contribution >= 4 is 45.0 Å². The van der Waals surface area contributed by atoms with Crippen LogP contribution >= 0.6 is 23.4 Å². The van der Waals surface area contributed by atoms with Crippen LogP contribution in [-0.2, 0) is 14.8 Å². The topological polar surface area (TPSA) is 136 Å². The van der Waals surface area contributed by atoms with Crippen LogP contribution in [0.1, 0.15) is 0 Å². The number of carboxylic acids is 1. The lowest BCUT2D eigenvalue weighted by Crippen LogP contribution is -2.26. The summed E-state index contributed by atoms with van der Waals surface area (Å²) >= 11 is 6.57. The predicted octanol–water partition coefficient (Wildman–Crippen LogP) is 3.06. The van der Waals surface area contributed by atoms with E-state index < -0.39 is 50.6 Å². The first-order chi connectivity index (χ1) is 14.0. The number of rotatable bonds is 10. The van der Waals surface area contributed by atoms with Crippen LogP contribution in [0.25, 0.3) is 0 Å². The molecule has 2 aromatic rings. The predicted molar refractivity (Wildman–Crippen MR) is 104 cm³/mol. The number of hydrogen-bond donors (Lipinski definition) is 2. The molecule has 0 aliphatic rings. The molecule has 162 valence electrons. The second kappa shape index (κ2) is 10.0. The summed E-state index contributed by atoms with van der Waals surface area (Å²) in [4.78, 5) is 20.2. The van der Waals surface area contributed by atoms with Gasteiger partial charge in [-0.25, -0.2) is 26.7 Å². The molecule has 2 rings (SSSR count). The van der Waals surface area contributed by atoms with E-state index in [1.165, 1.54) is 0 Å². The monoisotopic (exact) mass is 482 g/mol. The largest absolute Gasteiger partial charge is 0.479 e. The number of thioether (sulfide) groups is 1. The first-order valence-corrected chi connectivity index (χ1v) is 10.8. The SMILES string of the molecule is O=C(O)COc1c(F)cc(SCCNS(=O)(=O)c2ccc(Cl)c([N+](=O)[O-])c2)cc1F. The van der Waals surface area contributed by atoms with Crippen molar-refractivity contribution in [2.75, 3.05) is 18.9 Å². The van der Waals surface area contributed by atoms with Crippen LogP contribution in [0.15, 0.2) is 40.1 Å². The van der Waals surface area contributed by atoms with Crippen molar-refractivity contribution in [3.05, 3.63) is 57.1 Å². The van der Waals surface area contributed by atoms with Gasteiger partial charge in [0.2, 0.25) is 10.0 Å². The number of benzene rings is 2. The third-order valence-electron chi connectivity index (χ3n) is 3.40.